The van der Waals surface area contributed by atoms with Crippen molar-refractivity contribution in [2.45, 2.75) is 43.8 Å². The number of nitrogens with one attached hydrogen (secondary N) is 2. The van der Waals surface area contributed by atoms with Gasteiger partial charge in [0.2, 0.25) is 5.91 Å². The summed E-state index contributed by atoms with van der Waals surface area (Å²) in [7, 11) is 0. The van der Waals surface area contributed by atoms with Gasteiger partial charge in [-0.3, -0.25) is 9.59 Å². The van der Waals surface area contributed by atoms with Crippen LogP contribution in [-0.2, 0) is 0 Å². The zero-order chi connectivity index (χ0) is 20.8. The second-order valence-corrected chi connectivity index (χ2v) is 8.03. The minimum absolute atomic E-state index is 0.210. The highest BCUT2D eigenvalue weighted by atomic mass is 16.1. The Morgan fingerprint density at radius 1 is 1.03 bits per heavy atom. The lowest BCUT2D eigenvalue weighted by molar-refractivity contribution is 0.0992. The molecule has 9 heteroatoms. The highest BCUT2D eigenvalue weighted by Gasteiger charge is 2.41. The zero-order valence-electron chi connectivity index (χ0n) is 16.3. The molecule has 0 radical (unpaired) electrons. The van der Waals surface area contributed by atoms with Crippen LogP contribution in [0.25, 0.3) is 11.0 Å². The summed E-state index contributed by atoms with van der Waals surface area (Å²) in [6.45, 7) is 0. The lowest BCUT2D eigenvalue weighted by Crippen LogP contribution is -2.47. The predicted octanol–water partition coefficient (Wildman–Crippen LogP) is 1.77. The van der Waals surface area contributed by atoms with Crippen molar-refractivity contribution in [1.82, 2.24) is 15.0 Å². The van der Waals surface area contributed by atoms with Gasteiger partial charge < -0.3 is 26.7 Å². The summed E-state index contributed by atoms with van der Waals surface area (Å²) in [5.74, 6) is -0.0911. The Hall–Kier alpha value is -3.62. The fourth-order valence-electron chi connectivity index (χ4n) is 4.91. The van der Waals surface area contributed by atoms with E-state index in [2.05, 4.69) is 25.2 Å². The molecule has 2 saturated heterocycles. The minimum atomic E-state index is -0.493. The first-order chi connectivity index (χ1) is 14.5. The van der Waals surface area contributed by atoms with Crippen molar-refractivity contribution in [3.05, 3.63) is 47.9 Å². The number of rotatable bonds is 5. The fourth-order valence-corrected chi connectivity index (χ4v) is 4.91. The van der Waals surface area contributed by atoms with Crippen molar-refractivity contribution in [3.8, 4) is 0 Å². The number of nitrogens with two attached hydrogens (primary N) is 2. The maximum Gasteiger partial charge on any atom is 0.252 e. The molecule has 2 amide bonds. The van der Waals surface area contributed by atoms with Crippen molar-refractivity contribution in [2.75, 3.05) is 10.2 Å². The molecular formula is C21H23N7O2. The van der Waals surface area contributed by atoms with Gasteiger partial charge >= 0.3 is 0 Å². The molecule has 5 rings (SSSR count). The van der Waals surface area contributed by atoms with Gasteiger partial charge in [0.05, 0.1) is 16.8 Å². The van der Waals surface area contributed by atoms with E-state index in [4.69, 9.17) is 11.5 Å². The Balaban J connectivity index is 1.39. The number of anilines is 2. The number of aromatic amines is 1. The molecule has 0 spiro atoms. The first-order valence-corrected chi connectivity index (χ1v) is 10.1. The van der Waals surface area contributed by atoms with E-state index in [0.29, 0.717) is 23.2 Å². The summed E-state index contributed by atoms with van der Waals surface area (Å²) in [5, 5.41) is 4.45. The molecule has 2 aliphatic rings. The number of H-pyrrole nitrogens is 1. The number of carbonyl (C=O) groups excluding carboxylic acids is 2. The summed E-state index contributed by atoms with van der Waals surface area (Å²) in [4.78, 5) is 37.5. The first-order valence-electron chi connectivity index (χ1n) is 10.1. The predicted molar refractivity (Wildman–Crippen MR) is 113 cm³/mol. The van der Waals surface area contributed by atoms with Crippen LogP contribution in [-0.4, -0.2) is 44.9 Å². The van der Waals surface area contributed by atoms with Crippen LogP contribution in [0.3, 0.4) is 0 Å². The Kier molecular flexibility index (Phi) is 4.30. The van der Waals surface area contributed by atoms with Gasteiger partial charge in [0.15, 0.2) is 0 Å². The van der Waals surface area contributed by atoms with Crippen molar-refractivity contribution < 1.29 is 9.59 Å². The molecule has 3 aromatic heterocycles. The van der Waals surface area contributed by atoms with E-state index in [1.54, 1.807) is 18.5 Å². The molecule has 6 N–H and O–H groups in total. The van der Waals surface area contributed by atoms with Gasteiger partial charge in [-0.2, -0.15) is 0 Å². The number of aromatic nitrogens is 3. The molecule has 2 aliphatic heterocycles. The van der Waals surface area contributed by atoms with Gasteiger partial charge in [0.25, 0.3) is 5.91 Å². The van der Waals surface area contributed by atoms with Crippen LogP contribution in [0.4, 0.5) is 11.5 Å². The SMILES string of the molecule is NC(=O)c1ccc(N2[C@@H]3CC[C@H]2CC(Nc2c(C(N)=O)cnc4[nH]ccc24)C3)nc1. The minimum Gasteiger partial charge on any atom is -0.381 e. The zero-order valence-corrected chi connectivity index (χ0v) is 16.3. The molecular weight excluding hydrogens is 382 g/mol. The molecule has 2 bridgehead atoms. The lowest BCUT2D eigenvalue weighted by atomic mass is 9.96. The average molecular weight is 405 g/mol. The monoisotopic (exact) mass is 405 g/mol. The van der Waals surface area contributed by atoms with Gasteiger partial charge in [-0.25, -0.2) is 9.97 Å². The van der Waals surface area contributed by atoms with Gasteiger partial charge in [-0.05, 0) is 43.9 Å². The Morgan fingerprint density at radius 3 is 2.43 bits per heavy atom. The largest absolute Gasteiger partial charge is 0.381 e. The Morgan fingerprint density at radius 2 is 1.80 bits per heavy atom. The van der Waals surface area contributed by atoms with E-state index < -0.39 is 11.8 Å². The normalized spacial score (nSPS) is 22.9. The van der Waals surface area contributed by atoms with Gasteiger partial charge in [0, 0.05) is 42.1 Å². The van der Waals surface area contributed by atoms with Crippen LogP contribution >= 0.6 is 0 Å². The number of hydrogen-bond donors (Lipinski definition) is 4. The standard InChI is InChI=1S/C21H23N7O2/c22-19(29)11-1-4-17(25-9-11)28-13-2-3-14(28)8-12(7-13)27-18-15-5-6-24-21(15)26-10-16(18)20(23)30/h1,4-6,9-10,12-14H,2-3,7-8H2,(H2,22,29)(H2,23,30)(H2,24,26,27)/t12?,13-,14+. The Labute approximate surface area is 172 Å². The molecule has 3 aromatic rings. The molecule has 0 saturated carbocycles. The maximum atomic E-state index is 12.0. The summed E-state index contributed by atoms with van der Waals surface area (Å²) < 4.78 is 0. The number of carbonyl (C=O) groups is 2. The molecule has 154 valence electrons. The highest BCUT2D eigenvalue weighted by Crippen LogP contribution is 2.40. The highest BCUT2D eigenvalue weighted by molar-refractivity contribution is 6.06. The number of nitrogens with zero attached hydrogens (tertiary/aromatic N) is 3. The van der Waals surface area contributed by atoms with E-state index in [1.165, 1.54) is 6.20 Å². The number of amides is 2. The maximum absolute atomic E-state index is 12.0. The third-order valence-corrected chi connectivity index (χ3v) is 6.23. The lowest BCUT2D eigenvalue weighted by Gasteiger charge is -2.40. The summed E-state index contributed by atoms with van der Waals surface area (Å²) in [5.41, 5.74) is 13.2. The average Bonchev–Trinajstić information content (AvgIpc) is 3.31. The van der Waals surface area contributed by atoms with Crippen LogP contribution in [0, 0.1) is 0 Å². The topological polar surface area (TPSA) is 143 Å². The number of primary amides is 2. The Bertz CT molecular complexity index is 1110. The van der Waals surface area contributed by atoms with Crippen LogP contribution in [0.2, 0.25) is 0 Å². The third kappa shape index (κ3) is 3.02. The fraction of sp³-hybridized carbons (Fsp3) is 0.333. The van der Waals surface area contributed by atoms with Crippen LogP contribution in [0.15, 0.2) is 36.8 Å². The molecule has 3 atom stereocenters. The van der Waals surface area contributed by atoms with E-state index >= 15 is 0 Å². The number of piperidine rings is 1. The van der Waals surface area contributed by atoms with Crippen LogP contribution in [0.5, 0.6) is 0 Å². The van der Waals surface area contributed by atoms with Crippen molar-refractivity contribution in [3.63, 3.8) is 0 Å². The molecule has 0 aromatic carbocycles. The number of pyridine rings is 2. The second kappa shape index (κ2) is 7.01. The van der Waals surface area contributed by atoms with Gasteiger partial charge in [-0.15, -0.1) is 0 Å². The molecule has 30 heavy (non-hydrogen) atoms. The number of fused-ring (bicyclic) bond motifs is 3. The smallest absolute Gasteiger partial charge is 0.252 e. The molecule has 5 heterocycles. The number of hydrogen-bond acceptors (Lipinski definition) is 6. The van der Waals surface area contributed by atoms with Gasteiger partial charge in [0.1, 0.15) is 11.5 Å². The summed E-state index contributed by atoms with van der Waals surface area (Å²) in [6.07, 6.45) is 8.88. The van der Waals surface area contributed by atoms with Gasteiger partial charge in [-0.1, -0.05) is 0 Å². The summed E-state index contributed by atoms with van der Waals surface area (Å²) in [6, 6.07) is 6.40. The molecule has 9 nitrogen and oxygen atoms in total. The van der Waals surface area contributed by atoms with E-state index in [9.17, 15) is 9.59 Å². The first kappa shape index (κ1) is 18.4. The van der Waals surface area contributed by atoms with E-state index in [0.717, 1.165) is 48.2 Å². The van der Waals surface area contributed by atoms with Crippen molar-refractivity contribution in [1.29, 1.82) is 0 Å². The van der Waals surface area contributed by atoms with Crippen LogP contribution in [0.1, 0.15) is 46.4 Å². The van der Waals surface area contributed by atoms with Crippen molar-refractivity contribution in [2.24, 2.45) is 11.5 Å². The summed E-state index contributed by atoms with van der Waals surface area (Å²) >= 11 is 0. The molecule has 1 unspecified atom stereocenters. The quantitative estimate of drug-likeness (QED) is 0.509. The van der Waals surface area contributed by atoms with Crippen LogP contribution < -0.4 is 21.7 Å². The van der Waals surface area contributed by atoms with E-state index in [1.807, 2.05) is 12.1 Å². The second-order valence-electron chi connectivity index (χ2n) is 8.03. The molecule has 0 aliphatic carbocycles. The third-order valence-electron chi connectivity index (χ3n) is 6.23. The molecule has 2 fully saturated rings. The van der Waals surface area contributed by atoms with Crippen molar-refractivity contribution >= 4 is 34.4 Å². The van der Waals surface area contributed by atoms with E-state index in [-0.39, 0.29) is 6.04 Å².